The van der Waals surface area contributed by atoms with Gasteiger partial charge in [-0.15, -0.1) is 0 Å². The van der Waals surface area contributed by atoms with E-state index >= 15 is 0 Å². The monoisotopic (exact) mass is 389 g/mol. The quantitative estimate of drug-likeness (QED) is 0.692. The number of rotatable bonds is 3. The molecule has 1 saturated carbocycles. The molecule has 5 atom stereocenters. The predicted molar refractivity (Wildman–Crippen MR) is 114 cm³/mol. The van der Waals surface area contributed by atoms with Crippen LogP contribution in [0.1, 0.15) is 63.2 Å². The van der Waals surface area contributed by atoms with E-state index in [2.05, 4.69) is 73.3 Å². The molecule has 2 aliphatic heterocycles. The zero-order valence-corrected chi connectivity index (χ0v) is 17.5. The molecule has 0 unspecified atom stereocenters. The average Bonchev–Trinajstić information content (AvgIpc) is 3.01. The highest BCUT2D eigenvalue weighted by Crippen LogP contribution is 2.57. The standard InChI is InChI=1S/C26H31NO2/c1-19-23(21-13-7-4-8-14-21)29-25(2)18-22-15-9-10-16-26(22,24(28)27(19)25)17-20-11-5-3-6-12-20/h3-8,11-14,19,22-23H,9-10,15-18H2,1-2H3/t19-,22-,23-,25+,26-/m1/s1. The van der Waals surface area contributed by atoms with Gasteiger partial charge in [0.25, 0.3) is 0 Å². The van der Waals surface area contributed by atoms with E-state index in [9.17, 15) is 4.79 Å². The molecule has 2 aromatic carbocycles. The van der Waals surface area contributed by atoms with Crippen molar-refractivity contribution in [3.05, 3.63) is 71.8 Å². The first-order valence-electron chi connectivity index (χ1n) is 11.1. The lowest BCUT2D eigenvalue weighted by Crippen LogP contribution is -2.64. The molecule has 3 nitrogen and oxygen atoms in total. The number of carbonyl (C=O) groups excluding carboxylic acids is 1. The Morgan fingerprint density at radius 2 is 1.72 bits per heavy atom. The first-order chi connectivity index (χ1) is 14.0. The lowest BCUT2D eigenvalue weighted by molar-refractivity contribution is -0.191. The van der Waals surface area contributed by atoms with E-state index in [0.29, 0.717) is 11.8 Å². The van der Waals surface area contributed by atoms with Crippen LogP contribution < -0.4 is 0 Å². The molecule has 0 bridgehead atoms. The number of benzene rings is 2. The normalized spacial score (nSPS) is 36.6. The number of carbonyl (C=O) groups is 1. The maximum Gasteiger partial charge on any atom is 0.231 e. The average molecular weight is 390 g/mol. The van der Waals surface area contributed by atoms with E-state index in [1.165, 1.54) is 17.5 Å². The van der Waals surface area contributed by atoms with Crippen LogP contribution in [0.2, 0.25) is 0 Å². The highest BCUT2D eigenvalue weighted by atomic mass is 16.5. The fourth-order valence-corrected chi connectivity index (χ4v) is 6.39. The molecule has 5 rings (SSSR count). The smallest absolute Gasteiger partial charge is 0.231 e. The van der Waals surface area contributed by atoms with Crippen molar-refractivity contribution in [2.75, 3.05) is 0 Å². The Morgan fingerprint density at radius 1 is 1.03 bits per heavy atom. The third-order valence-electron chi connectivity index (χ3n) is 7.70. The summed E-state index contributed by atoms with van der Waals surface area (Å²) in [4.78, 5) is 16.3. The fourth-order valence-electron chi connectivity index (χ4n) is 6.39. The van der Waals surface area contributed by atoms with Crippen LogP contribution in [0.4, 0.5) is 0 Å². The molecule has 3 heteroatoms. The Balaban J connectivity index is 1.53. The zero-order valence-electron chi connectivity index (χ0n) is 17.5. The second-order valence-corrected chi connectivity index (χ2v) is 9.51. The fraction of sp³-hybridized carbons (Fsp3) is 0.500. The van der Waals surface area contributed by atoms with Gasteiger partial charge in [-0.3, -0.25) is 4.79 Å². The van der Waals surface area contributed by atoms with Gasteiger partial charge in [0.1, 0.15) is 11.8 Å². The van der Waals surface area contributed by atoms with Crippen molar-refractivity contribution in [1.82, 2.24) is 4.90 Å². The Kier molecular flexibility index (Phi) is 4.54. The van der Waals surface area contributed by atoms with Gasteiger partial charge in [-0.05, 0) is 56.6 Å². The summed E-state index contributed by atoms with van der Waals surface area (Å²) >= 11 is 0. The molecule has 1 aliphatic carbocycles. The third-order valence-corrected chi connectivity index (χ3v) is 7.70. The summed E-state index contributed by atoms with van der Waals surface area (Å²) in [5.74, 6) is 0.720. The topological polar surface area (TPSA) is 29.5 Å². The van der Waals surface area contributed by atoms with Gasteiger partial charge < -0.3 is 9.64 Å². The maximum atomic E-state index is 14.2. The van der Waals surface area contributed by atoms with E-state index in [4.69, 9.17) is 4.74 Å². The van der Waals surface area contributed by atoms with Crippen molar-refractivity contribution in [3.8, 4) is 0 Å². The van der Waals surface area contributed by atoms with Crippen molar-refractivity contribution in [1.29, 1.82) is 0 Å². The van der Waals surface area contributed by atoms with Crippen LogP contribution in [0.15, 0.2) is 60.7 Å². The SMILES string of the molecule is C[C@@H]1[C@H](c2ccccc2)O[C@@]2(C)C[C@H]3CCCC[C@]3(Cc3ccccc3)C(=O)N12. The van der Waals surface area contributed by atoms with Crippen molar-refractivity contribution in [2.24, 2.45) is 11.3 Å². The molecule has 2 aromatic rings. The largest absolute Gasteiger partial charge is 0.346 e. The number of amides is 1. The van der Waals surface area contributed by atoms with Crippen LogP contribution in [0.5, 0.6) is 0 Å². The first kappa shape index (κ1) is 18.9. The van der Waals surface area contributed by atoms with Crippen LogP contribution in [-0.2, 0) is 16.0 Å². The molecule has 0 N–H and O–H groups in total. The Hall–Kier alpha value is -2.13. The van der Waals surface area contributed by atoms with Gasteiger partial charge in [0, 0.05) is 0 Å². The van der Waals surface area contributed by atoms with Crippen LogP contribution in [0.25, 0.3) is 0 Å². The minimum absolute atomic E-state index is 0.0467. The van der Waals surface area contributed by atoms with Gasteiger partial charge in [-0.2, -0.15) is 0 Å². The summed E-state index contributed by atoms with van der Waals surface area (Å²) in [5.41, 5.74) is 1.67. The van der Waals surface area contributed by atoms with Crippen molar-refractivity contribution in [3.63, 3.8) is 0 Å². The second-order valence-electron chi connectivity index (χ2n) is 9.51. The van der Waals surface area contributed by atoms with Gasteiger partial charge in [0.2, 0.25) is 5.91 Å². The highest BCUT2D eigenvalue weighted by Gasteiger charge is 2.63. The molecule has 0 spiro atoms. The van der Waals surface area contributed by atoms with E-state index in [-0.39, 0.29) is 17.6 Å². The van der Waals surface area contributed by atoms with Crippen LogP contribution >= 0.6 is 0 Å². The number of piperidine rings is 1. The predicted octanol–water partition coefficient (Wildman–Crippen LogP) is 5.51. The number of hydrogen-bond donors (Lipinski definition) is 0. The van der Waals surface area contributed by atoms with Gasteiger partial charge in [0.15, 0.2) is 0 Å². The van der Waals surface area contributed by atoms with Crippen molar-refractivity contribution < 1.29 is 9.53 Å². The first-order valence-corrected chi connectivity index (χ1v) is 11.1. The van der Waals surface area contributed by atoms with Crippen LogP contribution in [0.3, 0.4) is 0 Å². The van der Waals surface area contributed by atoms with Gasteiger partial charge in [0.05, 0.1) is 11.5 Å². The summed E-state index contributed by atoms with van der Waals surface area (Å²) < 4.78 is 6.67. The molecule has 29 heavy (non-hydrogen) atoms. The Morgan fingerprint density at radius 3 is 2.45 bits per heavy atom. The Bertz CT molecular complexity index is 882. The number of fused-ring (bicyclic) bond motifs is 2. The molecule has 3 aliphatic rings. The molecule has 0 radical (unpaired) electrons. The molecule has 0 aromatic heterocycles. The summed E-state index contributed by atoms with van der Waals surface area (Å²) in [6.45, 7) is 4.31. The van der Waals surface area contributed by atoms with Gasteiger partial charge in [-0.1, -0.05) is 73.5 Å². The van der Waals surface area contributed by atoms with E-state index in [1.54, 1.807) is 0 Å². The second kappa shape index (κ2) is 6.98. The number of hydrogen-bond acceptors (Lipinski definition) is 2. The summed E-state index contributed by atoms with van der Waals surface area (Å²) in [7, 11) is 0. The Labute approximate surface area is 174 Å². The molecule has 3 fully saturated rings. The highest BCUT2D eigenvalue weighted by molar-refractivity contribution is 5.86. The number of ether oxygens (including phenoxy) is 1. The van der Waals surface area contributed by atoms with Crippen LogP contribution in [0, 0.1) is 11.3 Å². The molecule has 2 heterocycles. The molecular weight excluding hydrogens is 358 g/mol. The van der Waals surface area contributed by atoms with Gasteiger partial charge >= 0.3 is 0 Å². The molecular formula is C26H31NO2. The van der Waals surface area contributed by atoms with Crippen molar-refractivity contribution in [2.45, 2.75) is 70.2 Å². The summed E-state index contributed by atoms with van der Waals surface area (Å²) in [6.07, 6.45) is 6.25. The van der Waals surface area contributed by atoms with E-state index in [0.717, 1.165) is 32.1 Å². The molecule has 2 saturated heterocycles. The van der Waals surface area contributed by atoms with Crippen molar-refractivity contribution >= 4 is 5.91 Å². The lowest BCUT2D eigenvalue weighted by atomic mass is 9.58. The zero-order chi connectivity index (χ0) is 20.1. The summed E-state index contributed by atoms with van der Waals surface area (Å²) in [5, 5.41) is 0. The van der Waals surface area contributed by atoms with E-state index in [1.807, 2.05) is 6.07 Å². The lowest BCUT2D eigenvalue weighted by Gasteiger charge is -2.55. The minimum atomic E-state index is -0.501. The molecule has 1 amide bonds. The third kappa shape index (κ3) is 2.93. The van der Waals surface area contributed by atoms with Gasteiger partial charge in [-0.25, -0.2) is 0 Å². The molecule has 152 valence electrons. The number of nitrogens with zero attached hydrogens (tertiary/aromatic N) is 1. The maximum absolute atomic E-state index is 14.2. The van der Waals surface area contributed by atoms with E-state index < -0.39 is 5.72 Å². The minimum Gasteiger partial charge on any atom is -0.346 e. The summed E-state index contributed by atoms with van der Waals surface area (Å²) in [6, 6.07) is 21.0. The van der Waals surface area contributed by atoms with Crippen LogP contribution in [-0.4, -0.2) is 22.6 Å².